The van der Waals surface area contributed by atoms with Crippen LogP contribution in [0.25, 0.3) is 21.8 Å². The van der Waals surface area contributed by atoms with E-state index >= 15 is 0 Å². The molecule has 0 atom stereocenters. The van der Waals surface area contributed by atoms with E-state index in [0.29, 0.717) is 11.1 Å². The Morgan fingerprint density at radius 3 is 1.53 bits per heavy atom. The van der Waals surface area contributed by atoms with Crippen LogP contribution in [0.3, 0.4) is 0 Å². The first-order valence-corrected chi connectivity index (χ1v) is 12.9. The van der Waals surface area contributed by atoms with Crippen LogP contribution < -0.4 is 0 Å². The van der Waals surface area contributed by atoms with Crippen molar-refractivity contribution in [2.75, 3.05) is 6.26 Å². The number of hydrogen-bond acceptors (Lipinski definition) is 3. The van der Waals surface area contributed by atoms with Crippen LogP contribution in [-0.2, 0) is 40.2 Å². The number of halogens is 3. The summed E-state index contributed by atoms with van der Waals surface area (Å²) in [5, 5.41) is 1.44. The van der Waals surface area contributed by atoms with Gasteiger partial charge in [0.1, 0.15) is 0 Å². The van der Waals surface area contributed by atoms with Crippen molar-refractivity contribution < 1.29 is 25.8 Å². The summed E-state index contributed by atoms with van der Waals surface area (Å²) in [7, 11) is -0.472. The SMILES string of the molecule is Cn1cc(C(OS(C)(=O)=O)(c2ccc(C(F)(F)F)cc2)c2cn(C)c3ccccc23)c2ccccc21. The number of para-hydroxylation sites is 2. The average Bonchev–Trinajstić information content (AvgIpc) is 3.35. The summed E-state index contributed by atoms with van der Waals surface area (Å²) in [5.74, 6) is 0. The third-order valence-corrected chi connectivity index (χ3v) is 7.00. The Morgan fingerprint density at radius 2 is 1.11 bits per heavy atom. The number of fused-ring (bicyclic) bond motifs is 2. The summed E-state index contributed by atoms with van der Waals surface area (Å²) in [6.45, 7) is 0. The topological polar surface area (TPSA) is 53.2 Å². The van der Waals surface area contributed by atoms with Crippen LogP contribution in [-0.4, -0.2) is 23.8 Å². The van der Waals surface area contributed by atoms with Gasteiger partial charge in [0.25, 0.3) is 10.1 Å². The summed E-state index contributed by atoms with van der Waals surface area (Å²) in [6.07, 6.45) is -0.0511. The highest BCUT2D eigenvalue weighted by molar-refractivity contribution is 7.86. The number of aryl methyl sites for hydroxylation is 2. The van der Waals surface area contributed by atoms with Gasteiger partial charge >= 0.3 is 6.18 Å². The Bertz CT molecular complexity index is 1620. The van der Waals surface area contributed by atoms with E-state index in [2.05, 4.69) is 0 Å². The minimum absolute atomic E-state index is 0.258. The minimum atomic E-state index is -4.54. The maximum Gasteiger partial charge on any atom is 0.416 e. The van der Waals surface area contributed by atoms with Crippen LogP contribution in [0.4, 0.5) is 13.2 Å². The lowest BCUT2D eigenvalue weighted by molar-refractivity contribution is -0.137. The van der Waals surface area contributed by atoms with Gasteiger partial charge in [0, 0.05) is 59.4 Å². The lowest BCUT2D eigenvalue weighted by Gasteiger charge is -2.33. The fourth-order valence-corrected chi connectivity index (χ4v) is 5.69. The third kappa shape index (κ3) is 3.88. The Balaban J connectivity index is 1.96. The Labute approximate surface area is 206 Å². The summed E-state index contributed by atoms with van der Waals surface area (Å²) in [5.41, 5.74) is 0.301. The molecule has 0 fully saturated rings. The van der Waals surface area contributed by atoms with Crippen molar-refractivity contribution in [2.24, 2.45) is 14.1 Å². The second kappa shape index (κ2) is 8.25. The standard InChI is InChI=1S/C27H23F3N2O3S/c1-31-16-22(20-8-4-6-10-24(20)31)26(35-36(3,33)34,18-12-14-19(15-13-18)27(28,29)30)23-17-32(2)25-11-7-5-9-21(23)25/h4-17H,1-3H3. The Hall–Kier alpha value is -3.56. The number of alkyl halides is 3. The predicted molar refractivity (Wildman–Crippen MR) is 133 cm³/mol. The first-order chi connectivity index (χ1) is 16.9. The molecule has 0 aliphatic heterocycles. The molecule has 0 aliphatic carbocycles. The van der Waals surface area contributed by atoms with Crippen molar-refractivity contribution >= 4 is 31.9 Å². The number of rotatable bonds is 5. The van der Waals surface area contributed by atoms with E-state index in [9.17, 15) is 21.6 Å². The van der Waals surface area contributed by atoms with E-state index < -0.39 is 27.5 Å². The summed E-state index contributed by atoms with van der Waals surface area (Å²) in [4.78, 5) is 0. The molecule has 0 saturated carbocycles. The lowest BCUT2D eigenvalue weighted by Crippen LogP contribution is -2.35. The highest BCUT2D eigenvalue weighted by Crippen LogP contribution is 2.48. The number of hydrogen-bond donors (Lipinski definition) is 0. The van der Waals surface area contributed by atoms with Crippen molar-refractivity contribution in [3.05, 3.63) is 107 Å². The maximum absolute atomic E-state index is 13.4. The van der Waals surface area contributed by atoms with Crippen molar-refractivity contribution in [3.63, 3.8) is 0 Å². The van der Waals surface area contributed by atoms with E-state index in [1.807, 2.05) is 71.8 Å². The lowest BCUT2D eigenvalue weighted by atomic mass is 9.80. The van der Waals surface area contributed by atoms with E-state index in [0.717, 1.165) is 40.2 Å². The molecular weight excluding hydrogens is 489 g/mol. The fraction of sp³-hybridized carbons (Fsp3) is 0.185. The van der Waals surface area contributed by atoms with Crippen LogP contribution in [0.1, 0.15) is 22.3 Å². The first kappa shape index (κ1) is 24.1. The summed E-state index contributed by atoms with van der Waals surface area (Å²) >= 11 is 0. The molecule has 5 rings (SSSR count). The van der Waals surface area contributed by atoms with Gasteiger partial charge in [-0.2, -0.15) is 21.6 Å². The maximum atomic E-state index is 13.4. The van der Waals surface area contributed by atoms with Gasteiger partial charge < -0.3 is 9.13 Å². The molecule has 0 saturated heterocycles. The quantitative estimate of drug-likeness (QED) is 0.273. The molecule has 36 heavy (non-hydrogen) atoms. The molecule has 2 aromatic heterocycles. The molecule has 0 bridgehead atoms. The monoisotopic (exact) mass is 512 g/mol. The van der Waals surface area contributed by atoms with Gasteiger partial charge in [-0.15, -0.1) is 0 Å². The Kier molecular flexibility index (Phi) is 5.53. The summed E-state index contributed by atoms with van der Waals surface area (Å²) < 4.78 is 75.7. The number of benzene rings is 3. The van der Waals surface area contributed by atoms with E-state index in [4.69, 9.17) is 4.18 Å². The molecule has 5 aromatic rings. The van der Waals surface area contributed by atoms with Gasteiger partial charge in [0.15, 0.2) is 5.60 Å². The molecule has 3 aromatic carbocycles. The smallest absolute Gasteiger partial charge is 0.350 e. The molecule has 0 aliphatic rings. The fourth-order valence-electron chi connectivity index (χ4n) is 4.96. The Morgan fingerprint density at radius 1 is 0.694 bits per heavy atom. The zero-order valence-corrected chi connectivity index (χ0v) is 20.6. The molecule has 0 spiro atoms. The van der Waals surface area contributed by atoms with E-state index in [-0.39, 0.29) is 5.56 Å². The van der Waals surface area contributed by atoms with Gasteiger partial charge in [-0.3, -0.25) is 0 Å². The minimum Gasteiger partial charge on any atom is -0.350 e. The van der Waals surface area contributed by atoms with Crippen LogP contribution in [0, 0.1) is 0 Å². The largest absolute Gasteiger partial charge is 0.416 e. The van der Waals surface area contributed by atoms with E-state index in [1.165, 1.54) is 12.1 Å². The van der Waals surface area contributed by atoms with Crippen LogP contribution in [0.2, 0.25) is 0 Å². The highest BCUT2D eigenvalue weighted by Gasteiger charge is 2.45. The van der Waals surface area contributed by atoms with Gasteiger partial charge in [0.05, 0.1) is 11.8 Å². The molecule has 0 radical (unpaired) electrons. The van der Waals surface area contributed by atoms with Gasteiger partial charge in [-0.1, -0.05) is 48.5 Å². The average molecular weight is 513 g/mol. The first-order valence-electron chi connectivity index (χ1n) is 11.1. The van der Waals surface area contributed by atoms with Gasteiger partial charge in [0.2, 0.25) is 0 Å². The third-order valence-electron chi connectivity index (χ3n) is 6.45. The van der Waals surface area contributed by atoms with Gasteiger partial charge in [-0.25, -0.2) is 4.18 Å². The zero-order valence-electron chi connectivity index (χ0n) is 19.7. The molecular formula is C27H23F3N2O3S. The summed E-state index contributed by atoms with van der Waals surface area (Å²) in [6, 6.07) is 19.3. The highest BCUT2D eigenvalue weighted by atomic mass is 32.2. The van der Waals surface area contributed by atoms with Crippen LogP contribution >= 0.6 is 0 Å². The predicted octanol–water partition coefficient (Wildman–Crippen LogP) is 5.96. The van der Waals surface area contributed by atoms with Crippen molar-refractivity contribution in [3.8, 4) is 0 Å². The van der Waals surface area contributed by atoms with Crippen molar-refractivity contribution in [1.29, 1.82) is 0 Å². The number of aromatic nitrogens is 2. The van der Waals surface area contributed by atoms with Crippen molar-refractivity contribution in [1.82, 2.24) is 9.13 Å². The number of nitrogens with zero attached hydrogens (tertiary/aromatic N) is 2. The second-order valence-electron chi connectivity index (χ2n) is 8.89. The van der Waals surface area contributed by atoms with Crippen LogP contribution in [0.15, 0.2) is 85.2 Å². The molecule has 0 N–H and O–H groups in total. The molecule has 9 heteroatoms. The second-order valence-corrected chi connectivity index (χ2v) is 10.5. The molecule has 5 nitrogen and oxygen atoms in total. The van der Waals surface area contributed by atoms with Crippen LogP contribution in [0.5, 0.6) is 0 Å². The normalized spacial score (nSPS) is 13.1. The molecule has 0 amide bonds. The molecule has 0 unspecified atom stereocenters. The van der Waals surface area contributed by atoms with Crippen molar-refractivity contribution in [2.45, 2.75) is 11.8 Å². The zero-order chi connectivity index (χ0) is 25.9. The molecule has 186 valence electrons. The van der Waals surface area contributed by atoms with Gasteiger partial charge in [-0.05, 0) is 29.8 Å². The molecule has 2 heterocycles. The van der Waals surface area contributed by atoms with E-state index in [1.54, 1.807) is 12.4 Å².